The number of carboxylic acids is 1. The van der Waals surface area contributed by atoms with Crippen molar-refractivity contribution >= 4 is 17.8 Å². The minimum absolute atomic E-state index is 0.0604. The summed E-state index contributed by atoms with van der Waals surface area (Å²) in [5.74, 6) is -1.79. The average Bonchev–Trinajstić information content (AvgIpc) is 3.00. The highest BCUT2D eigenvalue weighted by Crippen LogP contribution is 2.33. The third-order valence-corrected chi connectivity index (χ3v) is 4.46. The molecule has 25 heavy (non-hydrogen) atoms. The van der Waals surface area contributed by atoms with E-state index >= 15 is 0 Å². The lowest BCUT2D eigenvalue weighted by Crippen LogP contribution is -2.31. The van der Waals surface area contributed by atoms with E-state index in [1.165, 1.54) is 0 Å². The van der Waals surface area contributed by atoms with Gasteiger partial charge >= 0.3 is 5.97 Å². The van der Waals surface area contributed by atoms with Crippen molar-refractivity contribution in [2.75, 3.05) is 13.1 Å². The fourth-order valence-electron chi connectivity index (χ4n) is 3.25. The summed E-state index contributed by atoms with van der Waals surface area (Å²) in [5, 5.41) is 12.3. The quantitative estimate of drug-likeness (QED) is 0.791. The SMILES string of the molecule is CC(C)NC(=O)CCCC(=O)N1C[C@H](C(=O)O)[C@H](c2ccccc2)C1. The molecule has 0 spiro atoms. The van der Waals surface area contributed by atoms with E-state index in [0.29, 0.717) is 19.4 Å². The number of hydrogen-bond donors (Lipinski definition) is 2. The van der Waals surface area contributed by atoms with Gasteiger partial charge in [-0.1, -0.05) is 30.3 Å². The highest BCUT2D eigenvalue weighted by atomic mass is 16.4. The first kappa shape index (κ1) is 19.0. The Bertz CT molecular complexity index is 615. The number of aliphatic carboxylic acids is 1. The number of nitrogens with zero attached hydrogens (tertiary/aromatic N) is 1. The van der Waals surface area contributed by atoms with Gasteiger partial charge in [-0.2, -0.15) is 0 Å². The summed E-state index contributed by atoms with van der Waals surface area (Å²) in [5.41, 5.74) is 0.946. The van der Waals surface area contributed by atoms with Crippen molar-refractivity contribution in [1.29, 1.82) is 0 Å². The summed E-state index contributed by atoms with van der Waals surface area (Å²) >= 11 is 0. The Hall–Kier alpha value is -2.37. The van der Waals surface area contributed by atoms with Crippen LogP contribution in [0.25, 0.3) is 0 Å². The molecular formula is C19H26N2O4. The van der Waals surface area contributed by atoms with E-state index in [-0.39, 0.29) is 36.7 Å². The van der Waals surface area contributed by atoms with E-state index in [1.807, 2.05) is 44.2 Å². The molecule has 136 valence electrons. The lowest BCUT2D eigenvalue weighted by atomic mass is 9.89. The predicted octanol–water partition coefficient (Wildman–Crippen LogP) is 2.01. The molecule has 1 fully saturated rings. The fraction of sp³-hybridized carbons (Fsp3) is 0.526. The number of likely N-dealkylation sites (tertiary alicyclic amines) is 1. The van der Waals surface area contributed by atoms with Crippen molar-refractivity contribution in [2.24, 2.45) is 5.92 Å². The van der Waals surface area contributed by atoms with Crippen LogP contribution in [0.2, 0.25) is 0 Å². The van der Waals surface area contributed by atoms with Gasteiger partial charge in [-0.15, -0.1) is 0 Å². The number of nitrogens with one attached hydrogen (secondary N) is 1. The maximum atomic E-state index is 12.4. The summed E-state index contributed by atoms with van der Waals surface area (Å²) in [4.78, 5) is 37.2. The lowest BCUT2D eigenvalue weighted by molar-refractivity contribution is -0.141. The van der Waals surface area contributed by atoms with E-state index in [9.17, 15) is 19.5 Å². The number of carbonyl (C=O) groups is 3. The van der Waals surface area contributed by atoms with Gasteiger partial charge in [0.05, 0.1) is 5.92 Å². The molecule has 1 heterocycles. The maximum Gasteiger partial charge on any atom is 0.308 e. The zero-order valence-electron chi connectivity index (χ0n) is 14.8. The van der Waals surface area contributed by atoms with Gasteiger partial charge in [0, 0.05) is 37.9 Å². The van der Waals surface area contributed by atoms with Crippen LogP contribution in [0.1, 0.15) is 44.6 Å². The lowest BCUT2D eigenvalue weighted by Gasteiger charge is -2.16. The zero-order chi connectivity index (χ0) is 18.4. The number of amides is 2. The zero-order valence-corrected chi connectivity index (χ0v) is 14.8. The largest absolute Gasteiger partial charge is 0.481 e. The second kappa shape index (κ2) is 8.65. The molecule has 0 bridgehead atoms. The highest BCUT2D eigenvalue weighted by Gasteiger charge is 2.40. The molecule has 6 heteroatoms. The minimum atomic E-state index is -0.875. The normalized spacial score (nSPS) is 19.9. The first-order chi connectivity index (χ1) is 11.9. The van der Waals surface area contributed by atoms with Crippen LogP contribution in [0.5, 0.6) is 0 Å². The van der Waals surface area contributed by atoms with Gasteiger partial charge in [-0.25, -0.2) is 0 Å². The molecule has 1 saturated heterocycles. The molecule has 1 aliphatic rings. The van der Waals surface area contributed by atoms with Gasteiger partial charge in [-0.05, 0) is 25.8 Å². The summed E-state index contributed by atoms with van der Waals surface area (Å²) < 4.78 is 0. The van der Waals surface area contributed by atoms with Gasteiger partial charge in [0.25, 0.3) is 0 Å². The van der Waals surface area contributed by atoms with Gasteiger partial charge < -0.3 is 15.3 Å². The molecule has 0 aromatic heterocycles. The number of rotatable bonds is 7. The van der Waals surface area contributed by atoms with Crippen LogP contribution in [0.15, 0.2) is 30.3 Å². The molecular weight excluding hydrogens is 320 g/mol. The van der Waals surface area contributed by atoms with Crippen LogP contribution in [-0.2, 0) is 14.4 Å². The predicted molar refractivity (Wildman–Crippen MR) is 94.0 cm³/mol. The molecule has 1 aromatic rings. The standard InChI is InChI=1S/C19H26N2O4/c1-13(2)20-17(22)9-6-10-18(23)21-11-15(16(12-21)19(24)25)14-7-4-3-5-8-14/h3-5,7-8,13,15-16H,6,9-12H2,1-2H3,(H,20,22)(H,24,25)/t15-,16-/m0/s1. The molecule has 1 aliphatic heterocycles. The molecule has 2 amide bonds. The van der Waals surface area contributed by atoms with Crippen LogP contribution < -0.4 is 5.32 Å². The van der Waals surface area contributed by atoms with Gasteiger partial charge in [0.15, 0.2) is 0 Å². The third kappa shape index (κ3) is 5.31. The first-order valence-electron chi connectivity index (χ1n) is 8.73. The number of carbonyl (C=O) groups excluding carboxylic acids is 2. The molecule has 6 nitrogen and oxygen atoms in total. The maximum absolute atomic E-state index is 12.4. The van der Waals surface area contributed by atoms with Gasteiger partial charge in [0.2, 0.25) is 11.8 Å². The Morgan fingerprint density at radius 3 is 2.44 bits per heavy atom. The summed E-state index contributed by atoms with van der Waals surface area (Å²) in [7, 11) is 0. The van der Waals surface area contributed by atoms with Crippen LogP contribution in [-0.4, -0.2) is 46.9 Å². The Kier molecular flexibility index (Phi) is 6.56. The van der Waals surface area contributed by atoms with Gasteiger partial charge in [-0.3, -0.25) is 14.4 Å². The van der Waals surface area contributed by atoms with Crippen molar-refractivity contribution in [2.45, 2.75) is 45.1 Å². The monoisotopic (exact) mass is 346 g/mol. The highest BCUT2D eigenvalue weighted by molar-refractivity contribution is 5.81. The van der Waals surface area contributed by atoms with Crippen molar-refractivity contribution in [3.63, 3.8) is 0 Å². The van der Waals surface area contributed by atoms with Crippen LogP contribution >= 0.6 is 0 Å². The van der Waals surface area contributed by atoms with Crippen LogP contribution in [0, 0.1) is 5.92 Å². The topological polar surface area (TPSA) is 86.7 Å². The fourth-order valence-corrected chi connectivity index (χ4v) is 3.25. The van der Waals surface area contributed by atoms with Crippen molar-refractivity contribution < 1.29 is 19.5 Å². The Labute approximate surface area is 148 Å². The molecule has 0 aliphatic carbocycles. The number of hydrogen-bond acceptors (Lipinski definition) is 3. The molecule has 1 aromatic carbocycles. The van der Waals surface area contributed by atoms with E-state index in [0.717, 1.165) is 5.56 Å². The summed E-state index contributed by atoms with van der Waals surface area (Å²) in [6.45, 7) is 4.43. The number of benzene rings is 1. The van der Waals surface area contributed by atoms with E-state index in [4.69, 9.17) is 0 Å². The van der Waals surface area contributed by atoms with E-state index in [2.05, 4.69) is 5.32 Å². The smallest absolute Gasteiger partial charge is 0.308 e. The second-order valence-corrected chi connectivity index (χ2v) is 6.84. The van der Waals surface area contributed by atoms with Crippen LogP contribution in [0.4, 0.5) is 0 Å². The van der Waals surface area contributed by atoms with E-state index in [1.54, 1.807) is 4.90 Å². The average molecular weight is 346 g/mol. The minimum Gasteiger partial charge on any atom is -0.481 e. The van der Waals surface area contributed by atoms with Crippen molar-refractivity contribution in [3.8, 4) is 0 Å². The molecule has 2 N–H and O–H groups in total. The Morgan fingerprint density at radius 1 is 1.16 bits per heavy atom. The summed E-state index contributed by atoms with van der Waals surface area (Å²) in [6, 6.07) is 9.55. The second-order valence-electron chi connectivity index (χ2n) is 6.84. The van der Waals surface area contributed by atoms with Gasteiger partial charge in [0.1, 0.15) is 0 Å². The molecule has 0 saturated carbocycles. The molecule has 0 radical (unpaired) electrons. The van der Waals surface area contributed by atoms with Crippen LogP contribution in [0.3, 0.4) is 0 Å². The van der Waals surface area contributed by atoms with Crippen molar-refractivity contribution in [3.05, 3.63) is 35.9 Å². The first-order valence-corrected chi connectivity index (χ1v) is 8.73. The van der Waals surface area contributed by atoms with Crippen molar-refractivity contribution in [1.82, 2.24) is 10.2 Å². The third-order valence-electron chi connectivity index (χ3n) is 4.46. The van der Waals surface area contributed by atoms with E-state index < -0.39 is 11.9 Å². The summed E-state index contributed by atoms with van der Waals surface area (Å²) in [6.07, 6.45) is 1.04. The Balaban J connectivity index is 1.91. The molecule has 0 unspecified atom stereocenters. The molecule has 2 atom stereocenters. The number of carboxylic acid groups (broad SMARTS) is 1. The Morgan fingerprint density at radius 2 is 1.84 bits per heavy atom. The molecule has 2 rings (SSSR count).